The maximum absolute atomic E-state index is 13.5. The molecule has 2 aliphatic rings. The molecule has 4 heterocycles. The van der Waals surface area contributed by atoms with Crippen LogP contribution in [0.3, 0.4) is 0 Å². The van der Waals surface area contributed by atoms with Crippen molar-refractivity contribution in [1.29, 1.82) is 0 Å². The number of halogens is 1. The summed E-state index contributed by atoms with van der Waals surface area (Å²) in [5, 5.41) is 16.5. The number of rotatable bonds is 11. The third-order valence-electron chi connectivity index (χ3n) is 9.11. The van der Waals surface area contributed by atoms with Crippen LogP contribution in [0.5, 0.6) is 0 Å². The highest BCUT2D eigenvalue weighted by atomic mass is 19.1. The van der Waals surface area contributed by atoms with E-state index in [0.29, 0.717) is 42.1 Å². The first-order valence-electron chi connectivity index (χ1n) is 16.5. The Morgan fingerprint density at radius 3 is 2.55 bits per heavy atom. The smallest absolute Gasteiger partial charge is 0.329 e. The van der Waals surface area contributed by atoms with Crippen molar-refractivity contribution in [2.24, 2.45) is 7.05 Å². The molecule has 1 aliphatic carbocycles. The van der Waals surface area contributed by atoms with Crippen LogP contribution in [-0.2, 0) is 23.1 Å². The van der Waals surface area contributed by atoms with Crippen LogP contribution in [0, 0.1) is 13.8 Å². The molecule has 254 valence electrons. The maximum Gasteiger partial charge on any atom is 0.329 e. The van der Waals surface area contributed by atoms with Gasteiger partial charge >= 0.3 is 5.69 Å². The zero-order valence-corrected chi connectivity index (χ0v) is 27.5. The first-order chi connectivity index (χ1) is 23.5. The van der Waals surface area contributed by atoms with Crippen LogP contribution >= 0.6 is 0 Å². The molecule has 0 radical (unpaired) electrons. The van der Waals surface area contributed by atoms with Crippen molar-refractivity contribution in [2.75, 3.05) is 17.2 Å². The molecule has 2 fully saturated rings. The third-order valence-corrected chi connectivity index (χ3v) is 9.11. The highest BCUT2D eigenvalue weighted by Gasteiger charge is 2.39. The van der Waals surface area contributed by atoms with Crippen molar-refractivity contribution in [1.82, 2.24) is 34.4 Å². The molecule has 7 rings (SSSR count). The number of piperidine rings is 1. The Labute approximate surface area is 280 Å². The van der Waals surface area contributed by atoms with Crippen LogP contribution in [0.2, 0.25) is 0 Å². The number of aromatic nitrogens is 5. The molecule has 1 saturated carbocycles. The number of hydrogen-bond acceptors (Lipinski definition) is 8. The summed E-state index contributed by atoms with van der Waals surface area (Å²) < 4.78 is 18.0. The zero-order valence-electron chi connectivity index (χ0n) is 27.5. The molecule has 2 aromatic carbocycles. The number of carbonyl (C=O) groups excluding carboxylic acids is 3. The van der Waals surface area contributed by atoms with Gasteiger partial charge in [-0.1, -0.05) is 12.1 Å². The van der Waals surface area contributed by atoms with Gasteiger partial charge in [0, 0.05) is 38.2 Å². The van der Waals surface area contributed by atoms with Crippen molar-refractivity contribution in [3.05, 3.63) is 81.5 Å². The first-order valence-corrected chi connectivity index (χ1v) is 16.5. The summed E-state index contributed by atoms with van der Waals surface area (Å²) in [5.74, 6) is -0.686. The van der Waals surface area contributed by atoms with Gasteiger partial charge in [0.25, 0.3) is 5.91 Å². The number of anilines is 3. The lowest BCUT2D eigenvalue weighted by Gasteiger charge is -2.21. The number of imide groups is 1. The number of alkyl halides is 1. The summed E-state index contributed by atoms with van der Waals surface area (Å²) >= 11 is 0. The van der Waals surface area contributed by atoms with E-state index in [1.54, 1.807) is 11.6 Å². The zero-order chi connectivity index (χ0) is 34.4. The third kappa shape index (κ3) is 6.50. The van der Waals surface area contributed by atoms with Gasteiger partial charge in [-0.25, -0.2) is 18.7 Å². The van der Waals surface area contributed by atoms with Crippen LogP contribution in [0.4, 0.5) is 21.6 Å². The van der Waals surface area contributed by atoms with E-state index in [0.717, 1.165) is 47.2 Å². The van der Waals surface area contributed by atoms with Crippen LogP contribution in [-0.4, -0.2) is 60.2 Å². The molecule has 3 atom stereocenters. The monoisotopic (exact) mass is 667 g/mol. The molecule has 3 amide bonds. The fourth-order valence-corrected chi connectivity index (χ4v) is 6.54. The number of aryl methyl sites for hydroxylation is 4. The quantitative estimate of drug-likeness (QED) is 0.122. The standard InChI is InChI=1S/C35H38FN9O4/c1-19-12-20(2)14-22(13-19)39-30-17-25(32-38-18-29(45(32)42-30)34(48)40-24-16-23(24)36)37-11-5-4-6-21-7-8-26-28(15-21)43(3)35(49)44(26)27-9-10-31(46)41-33(27)47/h7-8,12-15,17-18,23-24,27,37H,4-6,9-11,16H2,1-3H3,(H,39,42)(H,40,48)(H,41,46,47)/t23-,24+,27?/m0/s1. The van der Waals surface area contributed by atoms with E-state index in [4.69, 9.17) is 0 Å². The molecule has 5 aromatic rings. The van der Waals surface area contributed by atoms with Gasteiger partial charge < -0.3 is 16.0 Å². The number of unbranched alkanes of at least 4 members (excludes halogenated alkanes) is 1. The Morgan fingerprint density at radius 2 is 1.82 bits per heavy atom. The predicted molar refractivity (Wildman–Crippen MR) is 183 cm³/mol. The van der Waals surface area contributed by atoms with E-state index < -0.39 is 30.1 Å². The Hall–Kier alpha value is -5.53. The van der Waals surface area contributed by atoms with E-state index in [1.165, 1.54) is 15.3 Å². The number of nitrogens with zero attached hydrogens (tertiary/aromatic N) is 5. The second kappa shape index (κ2) is 12.8. The second-order valence-electron chi connectivity index (χ2n) is 13.0. The normalized spacial score (nSPS) is 18.9. The summed E-state index contributed by atoms with van der Waals surface area (Å²) in [6.45, 7) is 4.66. The topological polar surface area (TPSA) is 156 Å². The number of fused-ring (bicyclic) bond motifs is 2. The van der Waals surface area contributed by atoms with Crippen molar-refractivity contribution in [2.45, 2.75) is 70.6 Å². The van der Waals surface area contributed by atoms with Gasteiger partial charge in [-0.05, 0) is 80.5 Å². The van der Waals surface area contributed by atoms with Crippen molar-refractivity contribution >= 4 is 51.6 Å². The summed E-state index contributed by atoms with van der Waals surface area (Å²) in [6, 6.07) is 12.6. The lowest BCUT2D eigenvalue weighted by molar-refractivity contribution is -0.135. The lowest BCUT2D eigenvalue weighted by atomic mass is 10.0. The average molecular weight is 668 g/mol. The Morgan fingerprint density at radius 1 is 1.04 bits per heavy atom. The number of amides is 3. The minimum atomic E-state index is -1.03. The predicted octanol–water partition coefficient (Wildman–Crippen LogP) is 4.00. The number of nitrogens with one attached hydrogen (secondary N) is 4. The van der Waals surface area contributed by atoms with Gasteiger partial charge in [0.15, 0.2) is 17.2 Å². The maximum atomic E-state index is 13.5. The Bertz CT molecular complexity index is 2160. The fraction of sp³-hybridized carbons (Fsp3) is 0.371. The SMILES string of the molecule is Cc1cc(C)cc(Nc2cc(NCCCCc3ccc4c(c3)n(C)c(=O)n4C3CCC(=O)NC3=O)c3ncc(C(=O)N[C@@H]4C[C@@H]4F)n3n2)c1. The second-order valence-corrected chi connectivity index (χ2v) is 13.0. The molecule has 0 spiro atoms. The van der Waals surface area contributed by atoms with Gasteiger partial charge in [0.1, 0.15) is 12.2 Å². The molecular weight excluding hydrogens is 629 g/mol. The van der Waals surface area contributed by atoms with Gasteiger partial charge in [-0.15, -0.1) is 5.10 Å². The molecule has 4 N–H and O–H groups in total. The number of hydrogen-bond donors (Lipinski definition) is 4. The summed E-state index contributed by atoms with van der Waals surface area (Å²) in [4.78, 5) is 54.7. The minimum absolute atomic E-state index is 0.193. The molecule has 14 heteroatoms. The van der Waals surface area contributed by atoms with E-state index in [9.17, 15) is 23.6 Å². The highest BCUT2D eigenvalue weighted by Crippen LogP contribution is 2.28. The summed E-state index contributed by atoms with van der Waals surface area (Å²) in [5.41, 5.74) is 6.62. The minimum Gasteiger partial charge on any atom is -0.382 e. The Kier molecular flexibility index (Phi) is 8.38. The molecule has 1 saturated heterocycles. The number of benzene rings is 2. The van der Waals surface area contributed by atoms with E-state index in [1.807, 2.05) is 50.2 Å². The van der Waals surface area contributed by atoms with Crippen molar-refractivity contribution in [3.8, 4) is 0 Å². The average Bonchev–Trinajstić information content (AvgIpc) is 3.46. The molecule has 1 aliphatic heterocycles. The van der Waals surface area contributed by atoms with Crippen molar-refractivity contribution in [3.63, 3.8) is 0 Å². The van der Waals surface area contributed by atoms with Crippen LogP contribution in [0.15, 0.2) is 53.5 Å². The molecule has 1 unspecified atom stereocenters. The van der Waals surface area contributed by atoms with Crippen LogP contribution in [0.1, 0.15) is 65.3 Å². The molecule has 3 aromatic heterocycles. The largest absolute Gasteiger partial charge is 0.382 e. The van der Waals surface area contributed by atoms with Gasteiger partial charge in [-0.2, -0.15) is 0 Å². The molecule has 49 heavy (non-hydrogen) atoms. The van der Waals surface area contributed by atoms with Crippen LogP contribution in [0.25, 0.3) is 16.7 Å². The van der Waals surface area contributed by atoms with Gasteiger partial charge in [-0.3, -0.25) is 28.8 Å². The van der Waals surface area contributed by atoms with Gasteiger partial charge in [0.05, 0.1) is 29.0 Å². The molecular formula is C35H38FN9O4. The number of carbonyl (C=O) groups is 3. The summed E-state index contributed by atoms with van der Waals surface area (Å²) in [6.07, 6.45) is 3.66. The van der Waals surface area contributed by atoms with Crippen molar-refractivity contribution < 1.29 is 18.8 Å². The van der Waals surface area contributed by atoms with Crippen LogP contribution < -0.4 is 27.0 Å². The van der Waals surface area contributed by atoms with E-state index in [-0.39, 0.29) is 23.7 Å². The highest BCUT2D eigenvalue weighted by molar-refractivity contribution is 6.00. The van der Waals surface area contributed by atoms with E-state index >= 15 is 0 Å². The fourth-order valence-electron chi connectivity index (χ4n) is 6.54. The number of imidazole rings is 2. The lowest BCUT2D eigenvalue weighted by Crippen LogP contribution is -2.44. The molecule has 13 nitrogen and oxygen atoms in total. The Balaban J connectivity index is 1.05. The first kappa shape index (κ1) is 32.0. The molecule has 0 bridgehead atoms. The summed E-state index contributed by atoms with van der Waals surface area (Å²) in [7, 11) is 1.69. The van der Waals surface area contributed by atoms with Gasteiger partial charge in [0.2, 0.25) is 11.8 Å². The van der Waals surface area contributed by atoms with E-state index in [2.05, 4.69) is 37.4 Å².